The van der Waals surface area contributed by atoms with Crippen LogP contribution in [0.25, 0.3) is 0 Å². The van der Waals surface area contributed by atoms with Gasteiger partial charge < -0.3 is 9.80 Å². The maximum Gasteiger partial charge on any atom is 0.471 e. The predicted octanol–water partition coefficient (Wildman–Crippen LogP) is 4.97. The summed E-state index contributed by atoms with van der Waals surface area (Å²) in [5.74, 6) is -2.06. The number of alkyl halides is 3. The van der Waals surface area contributed by atoms with Crippen LogP contribution in [0.5, 0.6) is 0 Å². The molecule has 0 N–H and O–H groups in total. The molecule has 1 fully saturated rings. The van der Waals surface area contributed by atoms with Crippen LogP contribution in [-0.2, 0) is 22.4 Å². The Bertz CT molecular complexity index is 1170. The van der Waals surface area contributed by atoms with E-state index in [2.05, 4.69) is 0 Å². The van der Waals surface area contributed by atoms with Crippen LogP contribution < -0.4 is 0 Å². The number of piperidine rings is 1. The van der Waals surface area contributed by atoms with Crippen LogP contribution in [0.4, 0.5) is 13.2 Å². The predicted molar refractivity (Wildman–Crippen MR) is 130 cm³/mol. The molecule has 0 atom stereocenters. The van der Waals surface area contributed by atoms with Crippen LogP contribution >= 0.6 is 11.6 Å². The van der Waals surface area contributed by atoms with Gasteiger partial charge >= 0.3 is 12.1 Å². The van der Waals surface area contributed by atoms with Crippen molar-refractivity contribution in [1.82, 2.24) is 9.80 Å². The number of hydrogen-bond acceptors (Lipinski definition) is 3. The first-order chi connectivity index (χ1) is 17.1. The molecule has 0 unspecified atom stereocenters. The van der Waals surface area contributed by atoms with E-state index in [1.54, 1.807) is 23.1 Å². The number of allylic oxidation sites excluding steroid dienone is 1. The SMILES string of the molecule is O=C(/C=C/C(=O)N1CCC(c2ccc(Cl)cc2)CC1)c1ccc2c(c1)CCN(C(=O)C(F)(F)F)CC2. The molecule has 36 heavy (non-hydrogen) atoms. The summed E-state index contributed by atoms with van der Waals surface area (Å²) in [6.07, 6.45) is -0.219. The molecule has 2 aliphatic heterocycles. The summed E-state index contributed by atoms with van der Waals surface area (Å²) < 4.78 is 38.3. The maximum atomic E-state index is 12.8. The molecule has 9 heteroatoms. The molecular formula is C27H26ClF3N2O3. The van der Waals surface area contributed by atoms with Gasteiger partial charge in [0.25, 0.3) is 0 Å². The fourth-order valence-corrected chi connectivity index (χ4v) is 4.90. The lowest BCUT2D eigenvalue weighted by atomic mass is 9.89. The molecule has 0 radical (unpaired) electrons. The summed E-state index contributed by atoms with van der Waals surface area (Å²) in [7, 11) is 0. The first-order valence-corrected chi connectivity index (χ1v) is 12.2. The van der Waals surface area contributed by atoms with Gasteiger partial charge in [0.15, 0.2) is 5.78 Å². The lowest BCUT2D eigenvalue weighted by Gasteiger charge is -2.31. The van der Waals surface area contributed by atoms with Crippen molar-refractivity contribution < 1.29 is 27.6 Å². The number of carbonyl (C=O) groups is 3. The largest absolute Gasteiger partial charge is 0.471 e. The number of likely N-dealkylation sites (tertiary alicyclic amines) is 1. The number of rotatable bonds is 4. The Balaban J connectivity index is 1.33. The molecule has 2 aromatic rings. The lowest BCUT2D eigenvalue weighted by molar-refractivity contribution is -0.185. The Morgan fingerprint density at radius 1 is 0.833 bits per heavy atom. The molecule has 190 valence electrons. The van der Waals surface area contributed by atoms with Gasteiger partial charge in [-0.05, 0) is 72.6 Å². The summed E-state index contributed by atoms with van der Waals surface area (Å²) in [6.45, 7) is 1.10. The second-order valence-corrected chi connectivity index (χ2v) is 9.56. The number of ketones is 1. The van der Waals surface area contributed by atoms with Crippen molar-refractivity contribution in [3.63, 3.8) is 0 Å². The Morgan fingerprint density at radius 3 is 2.11 bits per heavy atom. The van der Waals surface area contributed by atoms with Gasteiger partial charge in [-0.1, -0.05) is 35.9 Å². The molecule has 2 aliphatic rings. The van der Waals surface area contributed by atoms with Gasteiger partial charge in [-0.3, -0.25) is 14.4 Å². The van der Waals surface area contributed by atoms with Crippen molar-refractivity contribution >= 4 is 29.2 Å². The zero-order chi connectivity index (χ0) is 25.9. The van der Waals surface area contributed by atoms with Crippen LogP contribution in [-0.4, -0.2) is 59.8 Å². The molecule has 0 spiro atoms. The quantitative estimate of drug-likeness (QED) is 0.424. The van der Waals surface area contributed by atoms with E-state index in [1.165, 1.54) is 17.7 Å². The maximum absolute atomic E-state index is 12.8. The number of fused-ring (bicyclic) bond motifs is 1. The number of carbonyl (C=O) groups excluding carboxylic acids is 3. The van der Waals surface area contributed by atoms with Crippen molar-refractivity contribution in [3.8, 4) is 0 Å². The summed E-state index contributed by atoms with van der Waals surface area (Å²) in [5, 5.41) is 0.689. The molecule has 0 bridgehead atoms. The third-order valence-electron chi connectivity index (χ3n) is 6.85. The van der Waals surface area contributed by atoms with E-state index in [0.717, 1.165) is 28.9 Å². The van der Waals surface area contributed by atoms with Crippen LogP contribution in [0.1, 0.15) is 45.8 Å². The molecule has 0 saturated carbocycles. The van der Waals surface area contributed by atoms with Crippen LogP contribution in [0.15, 0.2) is 54.6 Å². The van der Waals surface area contributed by atoms with Gasteiger partial charge in [-0.15, -0.1) is 0 Å². The minimum Gasteiger partial charge on any atom is -0.339 e. The molecule has 0 aliphatic carbocycles. The third kappa shape index (κ3) is 6.16. The minimum atomic E-state index is -4.90. The van der Waals surface area contributed by atoms with Gasteiger partial charge in [0.2, 0.25) is 5.91 Å². The lowest BCUT2D eigenvalue weighted by Crippen LogP contribution is -2.42. The number of amides is 2. The monoisotopic (exact) mass is 518 g/mol. The minimum absolute atomic E-state index is 0.0260. The standard InChI is InChI=1S/C27H26ClF3N2O3/c28-23-5-3-18(4-6-23)20-9-13-32(14-10-20)25(35)8-7-24(34)22-2-1-19-11-15-33(16-12-21(19)17-22)26(36)27(29,30)31/h1-8,17,20H,9-16H2/b8-7+. The second-order valence-electron chi connectivity index (χ2n) is 9.12. The van der Waals surface area contributed by atoms with Crippen LogP contribution in [0.3, 0.4) is 0 Å². The molecule has 5 nitrogen and oxygen atoms in total. The summed E-state index contributed by atoms with van der Waals surface area (Å²) in [5.41, 5.74) is 3.11. The number of hydrogen-bond donors (Lipinski definition) is 0. The number of halogens is 4. The van der Waals surface area contributed by atoms with Crippen molar-refractivity contribution in [1.29, 1.82) is 0 Å². The third-order valence-corrected chi connectivity index (χ3v) is 7.10. The zero-order valence-electron chi connectivity index (χ0n) is 19.6. The molecule has 2 aromatic carbocycles. The molecular weight excluding hydrogens is 493 g/mol. The van der Waals surface area contributed by atoms with Gasteiger partial charge in [0.1, 0.15) is 0 Å². The molecule has 2 heterocycles. The van der Waals surface area contributed by atoms with Crippen LogP contribution in [0.2, 0.25) is 5.02 Å². The average molecular weight is 519 g/mol. The van der Waals surface area contributed by atoms with E-state index in [1.807, 2.05) is 24.3 Å². The zero-order valence-corrected chi connectivity index (χ0v) is 20.3. The van der Waals surface area contributed by atoms with Gasteiger partial charge in [-0.25, -0.2) is 0 Å². The van der Waals surface area contributed by atoms with Gasteiger partial charge in [0.05, 0.1) is 0 Å². The topological polar surface area (TPSA) is 57.7 Å². The van der Waals surface area contributed by atoms with Crippen molar-refractivity contribution in [2.75, 3.05) is 26.2 Å². The van der Waals surface area contributed by atoms with Gasteiger partial charge in [0, 0.05) is 42.8 Å². The van der Waals surface area contributed by atoms with Crippen molar-refractivity contribution in [2.45, 2.75) is 37.8 Å². The Labute approximate surface area is 212 Å². The Hall–Kier alpha value is -3.13. The smallest absolute Gasteiger partial charge is 0.339 e. The number of benzene rings is 2. The van der Waals surface area contributed by atoms with E-state index in [0.29, 0.717) is 29.6 Å². The van der Waals surface area contributed by atoms with Crippen LogP contribution in [0, 0.1) is 0 Å². The first kappa shape index (κ1) is 25.9. The fraction of sp³-hybridized carbons (Fsp3) is 0.370. The molecule has 2 amide bonds. The molecule has 0 aromatic heterocycles. The summed E-state index contributed by atoms with van der Waals surface area (Å²) in [6, 6.07) is 12.7. The molecule has 1 saturated heterocycles. The summed E-state index contributed by atoms with van der Waals surface area (Å²) >= 11 is 5.95. The van der Waals surface area contributed by atoms with E-state index >= 15 is 0 Å². The average Bonchev–Trinajstić information content (AvgIpc) is 3.08. The highest BCUT2D eigenvalue weighted by atomic mass is 35.5. The normalized spacial score (nSPS) is 17.1. The highest BCUT2D eigenvalue weighted by Gasteiger charge is 2.42. The molecule has 4 rings (SSSR count). The first-order valence-electron chi connectivity index (χ1n) is 11.9. The Kier molecular flexibility index (Phi) is 7.83. The van der Waals surface area contributed by atoms with Gasteiger partial charge in [-0.2, -0.15) is 13.2 Å². The van der Waals surface area contributed by atoms with Crippen molar-refractivity contribution in [2.24, 2.45) is 0 Å². The van der Waals surface area contributed by atoms with Crippen molar-refractivity contribution in [3.05, 3.63) is 81.9 Å². The van der Waals surface area contributed by atoms with E-state index in [-0.39, 0.29) is 37.6 Å². The highest BCUT2D eigenvalue weighted by Crippen LogP contribution is 2.29. The highest BCUT2D eigenvalue weighted by molar-refractivity contribution is 6.30. The van der Waals surface area contributed by atoms with E-state index < -0.39 is 12.1 Å². The van der Waals surface area contributed by atoms with E-state index in [9.17, 15) is 27.6 Å². The summed E-state index contributed by atoms with van der Waals surface area (Å²) in [4.78, 5) is 39.4. The Morgan fingerprint density at radius 2 is 1.47 bits per heavy atom. The second kappa shape index (κ2) is 10.9. The fourth-order valence-electron chi connectivity index (χ4n) is 4.78. The van der Waals surface area contributed by atoms with E-state index in [4.69, 9.17) is 11.6 Å². The number of nitrogens with zero attached hydrogens (tertiary/aromatic N) is 2.